The molecule has 10 heavy (non-hydrogen) atoms. The maximum Gasteiger partial charge on any atom is 0.156 e. The fourth-order valence-electron chi connectivity index (χ4n) is 0.986. The largest absolute Gasteiger partial charge is 0.485 e. The van der Waals surface area contributed by atoms with E-state index in [0.29, 0.717) is 11.7 Å². The SMILES string of the molecule is CC(=S)OCC1CCCO1. The van der Waals surface area contributed by atoms with Crippen molar-refractivity contribution in [3.05, 3.63) is 0 Å². The van der Waals surface area contributed by atoms with E-state index in [1.165, 1.54) is 0 Å². The van der Waals surface area contributed by atoms with Crippen LogP contribution in [0.4, 0.5) is 0 Å². The third-order valence-electron chi connectivity index (χ3n) is 1.50. The summed E-state index contributed by atoms with van der Waals surface area (Å²) in [5, 5.41) is 0.607. The van der Waals surface area contributed by atoms with Crippen LogP contribution < -0.4 is 0 Å². The number of hydrogen-bond acceptors (Lipinski definition) is 3. The molecule has 0 aromatic carbocycles. The molecule has 2 nitrogen and oxygen atoms in total. The van der Waals surface area contributed by atoms with Gasteiger partial charge in [0.15, 0.2) is 5.05 Å². The Morgan fingerprint density at radius 2 is 2.60 bits per heavy atom. The zero-order chi connectivity index (χ0) is 7.40. The van der Waals surface area contributed by atoms with Crippen molar-refractivity contribution in [2.75, 3.05) is 13.2 Å². The lowest BCUT2D eigenvalue weighted by Gasteiger charge is -2.09. The van der Waals surface area contributed by atoms with Gasteiger partial charge in [-0.3, -0.25) is 0 Å². The van der Waals surface area contributed by atoms with Crippen molar-refractivity contribution >= 4 is 17.3 Å². The van der Waals surface area contributed by atoms with Gasteiger partial charge in [-0.15, -0.1) is 0 Å². The minimum atomic E-state index is 0.290. The van der Waals surface area contributed by atoms with Crippen molar-refractivity contribution in [3.63, 3.8) is 0 Å². The van der Waals surface area contributed by atoms with E-state index < -0.39 is 0 Å². The highest BCUT2D eigenvalue weighted by molar-refractivity contribution is 7.80. The fourth-order valence-corrected chi connectivity index (χ4v) is 1.05. The monoisotopic (exact) mass is 160 g/mol. The van der Waals surface area contributed by atoms with E-state index in [1.54, 1.807) is 6.92 Å². The van der Waals surface area contributed by atoms with Crippen molar-refractivity contribution in [2.45, 2.75) is 25.9 Å². The molecular weight excluding hydrogens is 148 g/mol. The van der Waals surface area contributed by atoms with Crippen molar-refractivity contribution in [1.29, 1.82) is 0 Å². The van der Waals surface area contributed by atoms with Gasteiger partial charge in [-0.05, 0) is 25.1 Å². The van der Waals surface area contributed by atoms with Crippen LogP contribution in [-0.2, 0) is 9.47 Å². The van der Waals surface area contributed by atoms with Gasteiger partial charge in [-0.2, -0.15) is 0 Å². The molecule has 1 fully saturated rings. The Hall–Kier alpha value is -0.150. The Kier molecular flexibility index (Phi) is 3.09. The second kappa shape index (κ2) is 3.88. The molecule has 58 valence electrons. The highest BCUT2D eigenvalue weighted by atomic mass is 32.1. The lowest BCUT2D eigenvalue weighted by molar-refractivity contribution is 0.0649. The first-order valence-corrected chi connectivity index (χ1v) is 3.95. The second-order valence-electron chi connectivity index (χ2n) is 2.44. The molecule has 1 aliphatic rings. The van der Waals surface area contributed by atoms with E-state index in [0.717, 1.165) is 19.4 Å². The maximum atomic E-state index is 5.32. The van der Waals surface area contributed by atoms with Crippen molar-refractivity contribution < 1.29 is 9.47 Å². The van der Waals surface area contributed by atoms with Gasteiger partial charge in [0.2, 0.25) is 0 Å². The number of ether oxygens (including phenoxy) is 2. The van der Waals surface area contributed by atoms with E-state index in [1.807, 2.05) is 0 Å². The highest BCUT2D eigenvalue weighted by Gasteiger charge is 2.15. The van der Waals surface area contributed by atoms with Crippen LogP contribution in [0.3, 0.4) is 0 Å². The normalized spacial score (nSPS) is 24.7. The van der Waals surface area contributed by atoms with Gasteiger partial charge < -0.3 is 9.47 Å². The quantitative estimate of drug-likeness (QED) is 0.571. The fraction of sp³-hybridized carbons (Fsp3) is 0.857. The Balaban J connectivity index is 2.07. The minimum Gasteiger partial charge on any atom is -0.485 e. The van der Waals surface area contributed by atoms with Crippen molar-refractivity contribution in [3.8, 4) is 0 Å². The lowest BCUT2D eigenvalue weighted by Crippen LogP contribution is -2.15. The Bertz CT molecular complexity index is 119. The van der Waals surface area contributed by atoms with Gasteiger partial charge in [0.1, 0.15) is 6.61 Å². The molecule has 0 aromatic heterocycles. The highest BCUT2D eigenvalue weighted by Crippen LogP contribution is 2.11. The Labute approximate surface area is 66.5 Å². The summed E-state index contributed by atoms with van der Waals surface area (Å²) in [6.45, 7) is 3.30. The zero-order valence-electron chi connectivity index (χ0n) is 6.13. The molecule has 0 saturated carbocycles. The molecule has 1 aliphatic heterocycles. The minimum absolute atomic E-state index is 0.290. The van der Waals surface area contributed by atoms with Crippen LogP contribution in [0, 0.1) is 0 Å². The molecule has 0 amide bonds. The summed E-state index contributed by atoms with van der Waals surface area (Å²) < 4.78 is 10.5. The predicted molar refractivity (Wildman–Crippen MR) is 43.2 cm³/mol. The van der Waals surface area contributed by atoms with Gasteiger partial charge in [0, 0.05) is 13.5 Å². The Morgan fingerprint density at radius 1 is 1.80 bits per heavy atom. The first-order valence-electron chi connectivity index (χ1n) is 3.54. The molecule has 0 aromatic rings. The first-order chi connectivity index (χ1) is 4.79. The summed E-state index contributed by atoms with van der Waals surface area (Å²) in [6, 6.07) is 0. The number of rotatable bonds is 2. The molecule has 1 unspecified atom stereocenters. The van der Waals surface area contributed by atoms with Gasteiger partial charge >= 0.3 is 0 Å². The predicted octanol–water partition coefficient (Wildman–Crippen LogP) is 1.53. The summed E-state index contributed by atoms with van der Waals surface area (Å²) in [5.41, 5.74) is 0. The average molecular weight is 160 g/mol. The van der Waals surface area contributed by atoms with E-state index in [-0.39, 0.29) is 6.10 Å². The molecule has 1 atom stereocenters. The van der Waals surface area contributed by atoms with Gasteiger partial charge in [-0.25, -0.2) is 0 Å². The van der Waals surface area contributed by atoms with Crippen LogP contribution in [0.2, 0.25) is 0 Å². The second-order valence-corrected chi connectivity index (χ2v) is 3.01. The lowest BCUT2D eigenvalue weighted by atomic mass is 10.2. The molecule has 1 saturated heterocycles. The van der Waals surface area contributed by atoms with Crippen molar-refractivity contribution in [2.24, 2.45) is 0 Å². The smallest absolute Gasteiger partial charge is 0.156 e. The van der Waals surface area contributed by atoms with Crippen LogP contribution in [0.25, 0.3) is 0 Å². The summed E-state index contributed by atoms with van der Waals surface area (Å²) in [6.07, 6.45) is 2.56. The summed E-state index contributed by atoms with van der Waals surface area (Å²) in [7, 11) is 0. The van der Waals surface area contributed by atoms with Gasteiger partial charge in [0.25, 0.3) is 0 Å². The summed E-state index contributed by atoms with van der Waals surface area (Å²) in [4.78, 5) is 0. The van der Waals surface area contributed by atoms with E-state index in [2.05, 4.69) is 0 Å². The maximum absolute atomic E-state index is 5.32. The average Bonchev–Trinajstić information content (AvgIpc) is 2.34. The number of hydrogen-bond donors (Lipinski definition) is 0. The van der Waals surface area contributed by atoms with Crippen LogP contribution >= 0.6 is 12.2 Å². The van der Waals surface area contributed by atoms with E-state index >= 15 is 0 Å². The molecule has 1 heterocycles. The summed E-state index contributed by atoms with van der Waals surface area (Å²) >= 11 is 4.75. The standard InChI is InChI=1S/C7H12O2S/c1-6(10)9-5-7-3-2-4-8-7/h7H,2-5H2,1H3. The third kappa shape index (κ3) is 2.62. The van der Waals surface area contributed by atoms with Crippen LogP contribution in [0.1, 0.15) is 19.8 Å². The number of thiocarbonyl (C=S) groups is 1. The van der Waals surface area contributed by atoms with Crippen LogP contribution in [0.15, 0.2) is 0 Å². The summed E-state index contributed by atoms with van der Waals surface area (Å²) in [5.74, 6) is 0. The molecule has 3 heteroatoms. The Morgan fingerprint density at radius 3 is 3.10 bits per heavy atom. The van der Waals surface area contributed by atoms with Crippen molar-refractivity contribution in [1.82, 2.24) is 0 Å². The third-order valence-corrected chi connectivity index (χ3v) is 1.61. The van der Waals surface area contributed by atoms with Gasteiger partial charge in [-0.1, -0.05) is 0 Å². The topological polar surface area (TPSA) is 18.5 Å². The molecule has 0 aliphatic carbocycles. The first kappa shape index (κ1) is 7.95. The molecule has 0 spiro atoms. The van der Waals surface area contributed by atoms with Crippen LogP contribution in [-0.4, -0.2) is 24.4 Å². The molecular formula is C7H12O2S. The molecule has 1 rings (SSSR count). The van der Waals surface area contributed by atoms with E-state index in [9.17, 15) is 0 Å². The van der Waals surface area contributed by atoms with Gasteiger partial charge in [0.05, 0.1) is 6.10 Å². The van der Waals surface area contributed by atoms with E-state index in [4.69, 9.17) is 21.7 Å². The van der Waals surface area contributed by atoms with Crippen LogP contribution in [0.5, 0.6) is 0 Å². The molecule has 0 N–H and O–H groups in total. The molecule has 0 radical (unpaired) electrons. The molecule has 0 bridgehead atoms. The zero-order valence-corrected chi connectivity index (χ0v) is 6.95.